The van der Waals surface area contributed by atoms with Gasteiger partial charge in [0.15, 0.2) is 5.84 Å². The number of rotatable bonds is 5. The number of benzene rings is 1. The number of amides is 1. The van der Waals surface area contributed by atoms with Crippen molar-refractivity contribution in [3.8, 4) is 0 Å². The van der Waals surface area contributed by atoms with E-state index in [1.165, 1.54) is 0 Å². The number of carbonyl (C=O) groups is 1. The maximum atomic E-state index is 12.8. The third kappa shape index (κ3) is 3.50. The molecule has 0 unspecified atom stereocenters. The summed E-state index contributed by atoms with van der Waals surface area (Å²) in [7, 11) is 0. The fraction of sp³-hybridized carbons (Fsp3) is 0.467. The quantitative estimate of drug-likeness (QED) is 0.374. The maximum absolute atomic E-state index is 12.8. The van der Waals surface area contributed by atoms with Crippen molar-refractivity contribution < 1.29 is 10.0 Å². The van der Waals surface area contributed by atoms with Crippen LogP contribution in [0.15, 0.2) is 35.5 Å². The molecule has 0 saturated heterocycles. The lowest BCUT2D eigenvalue weighted by molar-refractivity contribution is -0.137. The number of carbonyl (C=O) groups excluding carboxylic acids is 1. The molecule has 0 heterocycles. The molecule has 0 aromatic heterocycles. The van der Waals surface area contributed by atoms with Crippen molar-refractivity contribution in [2.24, 2.45) is 10.9 Å². The van der Waals surface area contributed by atoms with Crippen LogP contribution in [0, 0.1) is 0 Å². The zero-order chi connectivity index (χ0) is 15.3. The molecule has 3 N–H and O–H groups in total. The van der Waals surface area contributed by atoms with E-state index in [1.54, 1.807) is 4.90 Å². The molecule has 0 fully saturated rings. The molecule has 5 nitrogen and oxygen atoms in total. The second kappa shape index (κ2) is 6.41. The molecule has 110 valence electrons. The molecule has 0 aliphatic carbocycles. The van der Waals surface area contributed by atoms with Crippen LogP contribution in [0.5, 0.6) is 0 Å². The van der Waals surface area contributed by atoms with E-state index < -0.39 is 5.41 Å². The molecular weight excluding hydrogens is 254 g/mol. The average Bonchev–Trinajstić information content (AvgIpc) is 2.44. The van der Waals surface area contributed by atoms with Crippen molar-refractivity contribution in [2.45, 2.75) is 39.2 Å². The number of amidine groups is 1. The fourth-order valence-corrected chi connectivity index (χ4v) is 2.03. The molecule has 0 aliphatic rings. The summed E-state index contributed by atoms with van der Waals surface area (Å²) in [4.78, 5) is 14.4. The highest BCUT2D eigenvalue weighted by atomic mass is 16.4. The van der Waals surface area contributed by atoms with E-state index in [2.05, 4.69) is 5.16 Å². The Morgan fingerprint density at radius 1 is 1.35 bits per heavy atom. The van der Waals surface area contributed by atoms with E-state index >= 15 is 0 Å². The molecular formula is C15H23N3O2. The molecule has 0 saturated carbocycles. The molecule has 1 aromatic carbocycles. The van der Waals surface area contributed by atoms with Crippen molar-refractivity contribution >= 4 is 11.7 Å². The number of oxime groups is 1. The normalized spacial score (nSPS) is 12.6. The summed E-state index contributed by atoms with van der Waals surface area (Å²) in [5.41, 5.74) is 5.81. The molecule has 0 radical (unpaired) electrons. The molecule has 0 atom stereocenters. The van der Waals surface area contributed by atoms with Crippen LogP contribution < -0.4 is 5.73 Å². The summed E-state index contributed by atoms with van der Waals surface area (Å²) < 4.78 is 0. The predicted molar refractivity (Wildman–Crippen MR) is 79.7 cm³/mol. The van der Waals surface area contributed by atoms with Crippen molar-refractivity contribution in [3.63, 3.8) is 0 Å². The smallest absolute Gasteiger partial charge is 0.233 e. The third-order valence-electron chi connectivity index (χ3n) is 3.38. The lowest BCUT2D eigenvalue weighted by Crippen LogP contribution is -2.50. The van der Waals surface area contributed by atoms with Crippen molar-refractivity contribution in [2.75, 3.05) is 6.54 Å². The van der Waals surface area contributed by atoms with Gasteiger partial charge in [0.05, 0.1) is 12.0 Å². The first-order chi connectivity index (χ1) is 9.30. The van der Waals surface area contributed by atoms with E-state index in [0.29, 0.717) is 0 Å². The van der Waals surface area contributed by atoms with E-state index in [-0.39, 0.29) is 24.3 Å². The van der Waals surface area contributed by atoms with Gasteiger partial charge >= 0.3 is 0 Å². The first-order valence-corrected chi connectivity index (χ1v) is 6.63. The zero-order valence-electron chi connectivity index (χ0n) is 12.5. The summed E-state index contributed by atoms with van der Waals surface area (Å²) in [6, 6.07) is 9.56. The van der Waals surface area contributed by atoms with Gasteiger partial charge in [-0.2, -0.15) is 0 Å². The fourth-order valence-electron chi connectivity index (χ4n) is 2.03. The standard InChI is InChI=1S/C15H23N3O2/c1-11(2)18(10-13(16)17-20)14(19)15(3,4)12-8-6-5-7-9-12/h5-9,11,20H,10H2,1-4H3,(H2,16,17). The van der Waals surface area contributed by atoms with Crippen LogP contribution in [0.4, 0.5) is 0 Å². The van der Waals surface area contributed by atoms with Gasteiger partial charge in [-0.25, -0.2) is 0 Å². The first kappa shape index (κ1) is 16.0. The van der Waals surface area contributed by atoms with Crippen molar-refractivity contribution in [1.29, 1.82) is 0 Å². The number of nitrogens with zero attached hydrogens (tertiary/aromatic N) is 2. The Bertz CT molecular complexity index is 481. The number of nitrogens with two attached hydrogens (primary N) is 1. The Morgan fingerprint density at radius 2 is 1.90 bits per heavy atom. The van der Waals surface area contributed by atoms with Gasteiger partial charge in [-0.3, -0.25) is 4.79 Å². The third-order valence-corrected chi connectivity index (χ3v) is 3.38. The average molecular weight is 277 g/mol. The zero-order valence-corrected chi connectivity index (χ0v) is 12.5. The monoisotopic (exact) mass is 277 g/mol. The maximum Gasteiger partial charge on any atom is 0.233 e. The molecule has 1 rings (SSSR count). The Balaban J connectivity index is 3.06. The molecule has 1 amide bonds. The second-order valence-electron chi connectivity index (χ2n) is 5.61. The highest BCUT2D eigenvalue weighted by molar-refractivity contribution is 5.92. The van der Waals surface area contributed by atoms with Gasteiger partial charge in [-0.05, 0) is 33.3 Å². The van der Waals surface area contributed by atoms with Crippen molar-refractivity contribution in [1.82, 2.24) is 4.90 Å². The van der Waals surface area contributed by atoms with Crippen LogP contribution in [0.1, 0.15) is 33.3 Å². The largest absolute Gasteiger partial charge is 0.409 e. The van der Waals surface area contributed by atoms with Crippen LogP contribution in [-0.4, -0.2) is 34.4 Å². The van der Waals surface area contributed by atoms with Crippen LogP contribution in [0.2, 0.25) is 0 Å². The van der Waals surface area contributed by atoms with Gasteiger partial charge < -0.3 is 15.8 Å². The Kier molecular flexibility index (Phi) is 5.13. The van der Waals surface area contributed by atoms with Crippen LogP contribution >= 0.6 is 0 Å². The minimum absolute atomic E-state index is 0.0240. The van der Waals surface area contributed by atoms with Gasteiger partial charge in [-0.1, -0.05) is 35.5 Å². The SMILES string of the molecule is CC(C)N(CC(N)=NO)C(=O)C(C)(C)c1ccccc1. The second-order valence-corrected chi connectivity index (χ2v) is 5.61. The van der Waals surface area contributed by atoms with Gasteiger partial charge in [0.2, 0.25) is 5.91 Å². The van der Waals surface area contributed by atoms with E-state index in [9.17, 15) is 4.79 Å². The van der Waals surface area contributed by atoms with Gasteiger partial charge in [0.1, 0.15) is 0 Å². The highest BCUT2D eigenvalue weighted by Gasteiger charge is 2.35. The lowest BCUT2D eigenvalue weighted by Gasteiger charge is -2.34. The number of hydrogen-bond donors (Lipinski definition) is 2. The van der Waals surface area contributed by atoms with E-state index in [4.69, 9.17) is 10.9 Å². The van der Waals surface area contributed by atoms with Crippen LogP contribution in [0.3, 0.4) is 0 Å². The molecule has 5 heteroatoms. The summed E-state index contributed by atoms with van der Waals surface area (Å²) in [5, 5.41) is 11.6. The van der Waals surface area contributed by atoms with Gasteiger partial charge in [0, 0.05) is 6.04 Å². The molecule has 0 aliphatic heterocycles. The first-order valence-electron chi connectivity index (χ1n) is 6.63. The summed E-state index contributed by atoms with van der Waals surface area (Å²) >= 11 is 0. The Hall–Kier alpha value is -2.04. The van der Waals surface area contributed by atoms with Gasteiger partial charge in [-0.15, -0.1) is 0 Å². The lowest BCUT2D eigenvalue weighted by atomic mass is 9.83. The Labute approximate surface area is 120 Å². The molecule has 20 heavy (non-hydrogen) atoms. The molecule has 0 bridgehead atoms. The molecule has 1 aromatic rings. The summed E-state index contributed by atoms with van der Waals surface area (Å²) in [6.07, 6.45) is 0. The minimum atomic E-state index is -0.665. The van der Waals surface area contributed by atoms with E-state index in [0.717, 1.165) is 5.56 Å². The highest BCUT2D eigenvalue weighted by Crippen LogP contribution is 2.26. The minimum Gasteiger partial charge on any atom is -0.409 e. The molecule has 0 spiro atoms. The topological polar surface area (TPSA) is 78.9 Å². The van der Waals surface area contributed by atoms with E-state index in [1.807, 2.05) is 58.0 Å². The van der Waals surface area contributed by atoms with Crippen LogP contribution in [0.25, 0.3) is 0 Å². The summed E-state index contributed by atoms with van der Waals surface area (Å²) in [6.45, 7) is 7.69. The van der Waals surface area contributed by atoms with Gasteiger partial charge in [0.25, 0.3) is 0 Å². The van der Waals surface area contributed by atoms with Crippen molar-refractivity contribution in [3.05, 3.63) is 35.9 Å². The van der Waals surface area contributed by atoms with Crippen LogP contribution in [-0.2, 0) is 10.2 Å². The predicted octanol–water partition coefficient (Wildman–Crippen LogP) is 1.95. The Morgan fingerprint density at radius 3 is 2.35 bits per heavy atom. The number of hydrogen-bond acceptors (Lipinski definition) is 3. The summed E-state index contributed by atoms with van der Waals surface area (Å²) in [5.74, 6) is -0.0267.